The Morgan fingerprint density at radius 2 is 1.79 bits per heavy atom. The smallest absolute Gasteiger partial charge is 0.161 e. The molecule has 192 valence electrons. The molecule has 0 aliphatic rings. The second kappa shape index (κ2) is 17.1. The lowest BCUT2D eigenvalue weighted by Crippen LogP contribution is -2.45. The summed E-state index contributed by atoms with van der Waals surface area (Å²) in [6, 6.07) is 6.29. The monoisotopic (exact) mass is 466 g/mol. The quantitative estimate of drug-likeness (QED) is 0.259. The first-order valence-electron chi connectivity index (χ1n) is 12.8. The molecule has 0 aliphatic carbocycles. The maximum absolute atomic E-state index is 10.7. The molecule has 0 aliphatic heterocycles. The van der Waals surface area contributed by atoms with Gasteiger partial charge in [0.15, 0.2) is 11.5 Å². The zero-order valence-corrected chi connectivity index (χ0v) is 21.9. The molecule has 0 fully saturated rings. The van der Waals surface area contributed by atoms with E-state index < -0.39 is 6.10 Å². The second-order valence-corrected chi connectivity index (χ2v) is 9.66. The molecule has 33 heavy (non-hydrogen) atoms. The number of hydrogen-bond donors (Lipinski definition) is 3. The number of hydrogen-bond acceptors (Lipinski definition) is 6. The largest absolute Gasteiger partial charge is 0.493 e. The van der Waals surface area contributed by atoms with Crippen LogP contribution in [0.2, 0.25) is 0 Å². The highest BCUT2D eigenvalue weighted by Crippen LogP contribution is 2.31. The average Bonchev–Trinajstić information content (AvgIpc) is 2.80. The molecule has 0 unspecified atom stereocenters. The van der Waals surface area contributed by atoms with Crippen LogP contribution in [0, 0.1) is 11.8 Å². The molecule has 1 rings (SSSR count). The van der Waals surface area contributed by atoms with Crippen LogP contribution < -0.4 is 20.5 Å². The van der Waals surface area contributed by atoms with Crippen LogP contribution in [-0.2, 0) is 11.2 Å². The van der Waals surface area contributed by atoms with Crippen molar-refractivity contribution in [3.05, 3.63) is 23.8 Å². The fourth-order valence-electron chi connectivity index (χ4n) is 4.02. The van der Waals surface area contributed by atoms with E-state index in [2.05, 4.69) is 45.1 Å². The topological polar surface area (TPSA) is 86.0 Å². The summed E-state index contributed by atoms with van der Waals surface area (Å²) in [6.45, 7) is 10.7. The van der Waals surface area contributed by atoms with E-state index in [0.29, 0.717) is 37.6 Å². The fraction of sp³-hybridized carbons (Fsp3) is 0.778. The molecule has 6 nitrogen and oxygen atoms in total. The van der Waals surface area contributed by atoms with Crippen molar-refractivity contribution in [2.75, 3.05) is 34.0 Å². The van der Waals surface area contributed by atoms with Crippen molar-refractivity contribution in [3.63, 3.8) is 0 Å². The highest BCUT2D eigenvalue weighted by atomic mass is 16.5. The van der Waals surface area contributed by atoms with Gasteiger partial charge in [0.05, 0.1) is 19.8 Å². The van der Waals surface area contributed by atoms with Crippen molar-refractivity contribution in [2.45, 2.75) is 90.8 Å². The summed E-state index contributed by atoms with van der Waals surface area (Å²) in [5, 5.41) is 14.1. The Morgan fingerprint density at radius 3 is 2.42 bits per heavy atom. The van der Waals surface area contributed by atoms with Gasteiger partial charge >= 0.3 is 0 Å². The minimum atomic E-state index is -0.546. The summed E-state index contributed by atoms with van der Waals surface area (Å²) >= 11 is 0. The number of ether oxygens (including phenoxy) is 3. The molecular weight excluding hydrogens is 416 g/mol. The number of aliphatic hydroxyl groups is 1. The molecule has 4 N–H and O–H groups in total. The van der Waals surface area contributed by atoms with Gasteiger partial charge in [-0.05, 0) is 55.7 Å². The number of nitrogens with one attached hydrogen (secondary N) is 1. The van der Waals surface area contributed by atoms with Crippen LogP contribution in [0.4, 0.5) is 0 Å². The normalized spacial score (nSPS) is 15.3. The molecule has 1 aromatic carbocycles. The number of methoxy groups -OCH3 is 2. The van der Waals surface area contributed by atoms with Crippen LogP contribution in [0.5, 0.6) is 11.5 Å². The van der Waals surface area contributed by atoms with Crippen LogP contribution in [0.3, 0.4) is 0 Å². The lowest BCUT2D eigenvalue weighted by atomic mass is 9.83. The maximum atomic E-state index is 10.7. The molecule has 0 heterocycles. The highest BCUT2D eigenvalue weighted by Gasteiger charge is 2.23. The van der Waals surface area contributed by atoms with Crippen LogP contribution in [0.1, 0.15) is 71.8 Å². The summed E-state index contributed by atoms with van der Waals surface area (Å²) in [5.74, 6) is 2.33. The summed E-state index contributed by atoms with van der Waals surface area (Å²) in [7, 11) is 3.35. The van der Waals surface area contributed by atoms with Crippen LogP contribution in [0.25, 0.3) is 0 Å². The van der Waals surface area contributed by atoms with Crippen molar-refractivity contribution in [3.8, 4) is 11.5 Å². The van der Waals surface area contributed by atoms with Gasteiger partial charge in [0.2, 0.25) is 0 Å². The third-order valence-corrected chi connectivity index (χ3v) is 6.40. The third kappa shape index (κ3) is 12.1. The number of aliphatic hydroxyl groups excluding tert-OH is 1. The van der Waals surface area contributed by atoms with E-state index >= 15 is 0 Å². The zero-order chi connectivity index (χ0) is 24.6. The van der Waals surface area contributed by atoms with Crippen molar-refractivity contribution in [1.82, 2.24) is 5.32 Å². The van der Waals surface area contributed by atoms with Crippen LogP contribution in [-0.4, -0.2) is 57.3 Å². The Morgan fingerprint density at radius 1 is 1.03 bits per heavy atom. The number of nitrogens with two attached hydrogens (primary N) is 1. The van der Waals surface area contributed by atoms with Gasteiger partial charge in [-0.1, -0.05) is 46.1 Å². The van der Waals surface area contributed by atoms with Crippen LogP contribution in [0.15, 0.2) is 18.2 Å². The van der Waals surface area contributed by atoms with E-state index in [-0.39, 0.29) is 6.04 Å². The number of rotatable bonds is 19. The molecule has 0 saturated carbocycles. The second-order valence-electron chi connectivity index (χ2n) is 9.66. The lowest BCUT2D eigenvalue weighted by molar-refractivity contribution is 0.121. The molecule has 0 amide bonds. The average molecular weight is 467 g/mol. The van der Waals surface area contributed by atoms with E-state index in [9.17, 15) is 5.11 Å². The van der Waals surface area contributed by atoms with E-state index in [1.54, 1.807) is 14.2 Å². The maximum Gasteiger partial charge on any atom is 0.161 e. The summed E-state index contributed by atoms with van der Waals surface area (Å²) in [6.07, 6.45) is 6.80. The minimum absolute atomic E-state index is 0.254. The summed E-state index contributed by atoms with van der Waals surface area (Å²) < 4.78 is 16.5. The first-order valence-corrected chi connectivity index (χ1v) is 12.8. The molecule has 0 spiro atoms. The van der Waals surface area contributed by atoms with Gasteiger partial charge in [-0.25, -0.2) is 0 Å². The standard InChI is InChI=1S/C27H50N2O4/c1-7-8-9-11-21(4)29-19-25(30)24(28)18-23(20(2)3)16-22-12-13-26(32-6)27(17-22)33-15-10-14-31-5/h12-13,17,20-21,23-25,29-30H,7-11,14-16,18-19,28H2,1-6H3/t21-,23+,24+,25+/m1/s1. The van der Waals surface area contributed by atoms with Crippen molar-refractivity contribution in [1.29, 1.82) is 0 Å². The molecule has 0 radical (unpaired) electrons. The Labute approximate surface area is 202 Å². The Hall–Kier alpha value is -1.34. The molecule has 0 saturated heterocycles. The lowest BCUT2D eigenvalue weighted by Gasteiger charge is -2.28. The van der Waals surface area contributed by atoms with Crippen molar-refractivity contribution in [2.24, 2.45) is 17.6 Å². The SMILES string of the molecule is CCCCC[C@@H](C)NC[C@H](O)[C@@H](N)C[C@H](Cc1ccc(OC)c(OCCCOC)c1)C(C)C. The minimum Gasteiger partial charge on any atom is -0.493 e. The van der Waals surface area contributed by atoms with E-state index in [1.165, 1.54) is 24.8 Å². The van der Waals surface area contributed by atoms with Gasteiger partial charge < -0.3 is 30.4 Å². The van der Waals surface area contributed by atoms with Gasteiger partial charge in [0.1, 0.15) is 0 Å². The van der Waals surface area contributed by atoms with E-state index in [1.807, 2.05) is 6.07 Å². The molecule has 4 atom stereocenters. The van der Waals surface area contributed by atoms with E-state index in [4.69, 9.17) is 19.9 Å². The predicted octanol–water partition coefficient (Wildman–Crippen LogP) is 4.56. The first-order chi connectivity index (χ1) is 15.8. The van der Waals surface area contributed by atoms with Crippen molar-refractivity contribution >= 4 is 0 Å². The van der Waals surface area contributed by atoms with E-state index in [0.717, 1.165) is 37.2 Å². The third-order valence-electron chi connectivity index (χ3n) is 6.40. The number of benzene rings is 1. The highest BCUT2D eigenvalue weighted by molar-refractivity contribution is 5.43. The molecule has 0 aromatic heterocycles. The first kappa shape index (κ1) is 29.7. The molecule has 0 bridgehead atoms. The van der Waals surface area contributed by atoms with Gasteiger partial charge in [-0.2, -0.15) is 0 Å². The van der Waals surface area contributed by atoms with Gasteiger partial charge in [-0.15, -0.1) is 0 Å². The molecule has 1 aromatic rings. The van der Waals surface area contributed by atoms with Crippen LogP contribution >= 0.6 is 0 Å². The Bertz CT molecular complexity index is 626. The number of unbranched alkanes of at least 4 members (excludes halogenated alkanes) is 2. The predicted molar refractivity (Wildman–Crippen MR) is 137 cm³/mol. The Balaban J connectivity index is 2.66. The Kier molecular flexibility index (Phi) is 15.4. The van der Waals surface area contributed by atoms with Gasteiger partial charge in [0.25, 0.3) is 0 Å². The van der Waals surface area contributed by atoms with Gasteiger partial charge in [-0.3, -0.25) is 0 Å². The zero-order valence-electron chi connectivity index (χ0n) is 21.9. The summed E-state index contributed by atoms with van der Waals surface area (Å²) in [4.78, 5) is 0. The fourth-order valence-corrected chi connectivity index (χ4v) is 4.02. The summed E-state index contributed by atoms with van der Waals surface area (Å²) in [5.41, 5.74) is 7.64. The molecule has 6 heteroatoms. The van der Waals surface area contributed by atoms with Gasteiger partial charge in [0, 0.05) is 38.8 Å². The van der Waals surface area contributed by atoms with Crippen molar-refractivity contribution < 1.29 is 19.3 Å². The molecular formula is C27H50N2O4.